The predicted molar refractivity (Wildman–Crippen MR) is 70.6 cm³/mol. The highest BCUT2D eigenvalue weighted by Crippen LogP contribution is 2.26. The molecule has 3 heteroatoms. The Kier molecular flexibility index (Phi) is 2.62. The standard InChI is InChI=1S/C14H15NO2/c1-8-7-10(15(3)4)5-6-11(8)12-9(2)13(16)14(12)17/h5-7H,1-4H3. The number of aryl methyl sites for hydroxylation is 1. The molecule has 88 valence electrons. The average Bonchev–Trinajstić information content (AvgIpc) is 2.30. The van der Waals surface area contributed by atoms with Crippen LogP contribution in [0.3, 0.4) is 0 Å². The molecule has 0 N–H and O–H groups in total. The van der Waals surface area contributed by atoms with Gasteiger partial charge in [0, 0.05) is 30.9 Å². The van der Waals surface area contributed by atoms with Crippen molar-refractivity contribution in [2.24, 2.45) is 0 Å². The topological polar surface area (TPSA) is 37.4 Å². The summed E-state index contributed by atoms with van der Waals surface area (Å²) in [7, 11) is 3.94. The number of hydrogen-bond acceptors (Lipinski definition) is 3. The van der Waals surface area contributed by atoms with Crippen molar-refractivity contribution < 1.29 is 0 Å². The van der Waals surface area contributed by atoms with Crippen LogP contribution in [0.2, 0.25) is 0 Å². The summed E-state index contributed by atoms with van der Waals surface area (Å²) in [6.07, 6.45) is 0. The predicted octanol–water partition coefficient (Wildman–Crippen LogP) is 1.63. The third kappa shape index (κ3) is 1.68. The van der Waals surface area contributed by atoms with E-state index in [1.54, 1.807) is 6.92 Å². The summed E-state index contributed by atoms with van der Waals surface area (Å²) >= 11 is 0. The largest absolute Gasteiger partial charge is 0.378 e. The molecule has 17 heavy (non-hydrogen) atoms. The van der Waals surface area contributed by atoms with Crippen molar-refractivity contribution >= 4 is 5.69 Å². The molecule has 0 saturated carbocycles. The number of nitrogens with zero attached hydrogens (tertiary/aromatic N) is 1. The minimum atomic E-state index is -0.358. The SMILES string of the molecule is Cc1cc(N(C)C)ccc1-c1c(C)c(=O)c1=O. The molecule has 0 radical (unpaired) electrons. The van der Waals surface area contributed by atoms with Crippen LogP contribution in [0.15, 0.2) is 27.8 Å². The highest BCUT2D eigenvalue weighted by molar-refractivity contribution is 5.75. The summed E-state index contributed by atoms with van der Waals surface area (Å²) in [4.78, 5) is 24.7. The molecule has 3 nitrogen and oxygen atoms in total. The molecule has 0 aliphatic heterocycles. The zero-order chi connectivity index (χ0) is 12.7. The molecule has 0 bridgehead atoms. The van der Waals surface area contributed by atoms with E-state index in [-0.39, 0.29) is 10.9 Å². The van der Waals surface area contributed by atoms with Crippen molar-refractivity contribution in [1.29, 1.82) is 0 Å². The van der Waals surface area contributed by atoms with Crippen molar-refractivity contribution in [3.63, 3.8) is 0 Å². The van der Waals surface area contributed by atoms with E-state index in [1.807, 2.05) is 44.1 Å². The first kappa shape index (κ1) is 11.6. The Morgan fingerprint density at radius 3 is 2.12 bits per heavy atom. The van der Waals surface area contributed by atoms with Crippen LogP contribution in [0.25, 0.3) is 11.1 Å². The molecule has 2 aromatic carbocycles. The molecule has 0 spiro atoms. The maximum Gasteiger partial charge on any atom is 0.234 e. The van der Waals surface area contributed by atoms with Gasteiger partial charge in [-0.3, -0.25) is 9.59 Å². The van der Waals surface area contributed by atoms with Crippen molar-refractivity contribution in [2.75, 3.05) is 19.0 Å². The van der Waals surface area contributed by atoms with Crippen LogP contribution in [0.1, 0.15) is 11.1 Å². The van der Waals surface area contributed by atoms with Crippen LogP contribution in [0, 0.1) is 13.8 Å². The first-order valence-corrected chi connectivity index (χ1v) is 5.51. The molecule has 2 rings (SSSR count). The zero-order valence-corrected chi connectivity index (χ0v) is 10.5. The summed E-state index contributed by atoms with van der Waals surface area (Å²) in [5, 5.41) is 0. The van der Waals surface area contributed by atoms with Crippen LogP contribution in [0.4, 0.5) is 5.69 Å². The first-order chi connectivity index (χ1) is 7.93. The van der Waals surface area contributed by atoms with Gasteiger partial charge in [0.1, 0.15) is 0 Å². The average molecular weight is 229 g/mol. The lowest BCUT2D eigenvalue weighted by atomic mass is 9.92. The molecule has 0 saturated heterocycles. The highest BCUT2D eigenvalue weighted by Gasteiger charge is 2.19. The van der Waals surface area contributed by atoms with Crippen molar-refractivity contribution in [3.8, 4) is 11.1 Å². The number of anilines is 1. The van der Waals surface area contributed by atoms with Gasteiger partial charge < -0.3 is 4.90 Å². The highest BCUT2D eigenvalue weighted by atomic mass is 16.2. The van der Waals surface area contributed by atoms with Crippen LogP contribution >= 0.6 is 0 Å². The van der Waals surface area contributed by atoms with E-state index in [9.17, 15) is 9.59 Å². The zero-order valence-electron chi connectivity index (χ0n) is 10.5. The van der Waals surface area contributed by atoms with Gasteiger partial charge in [-0.15, -0.1) is 0 Å². The molecule has 0 heterocycles. The third-order valence-corrected chi connectivity index (χ3v) is 3.14. The Balaban J connectivity index is 2.56. The summed E-state index contributed by atoms with van der Waals surface area (Å²) in [5.74, 6) is 0. The Morgan fingerprint density at radius 2 is 1.65 bits per heavy atom. The second-order valence-electron chi connectivity index (χ2n) is 4.55. The minimum absolute atomic E-state index is 0.351. The van der Waals surface area contributed by atoms with E-state index in [0.717, 1.165) is 16.8 Å². The van der Waals surface area contributed by atoms with Crippen molar-refractivity contribution in [2.45, 2.75) is 13.8 Å². The molecule has 0 aliphatic carbocycles. The van der Waals surface area contributed by atoms with Gasteiger partial charge in [-0.05, 0) is 37.1 Å². The summed E-state index contributed by atoms with van der Waals surface area (Å²) < 4.78 is 0. The quantitative estimate of drug-likeness (QED) is 0.734. The van der Waals surface area contributed by atoms with Gasteiger partial charge >= 0.3 is 0 Å². The Bertz CT molecular complexity index is 647. The lowest BCUT2D eigenvalue weighted by Gasteiger charge is -2.16. The molecular formula is C14H15NO2. The minimum Gasteiger partial charge on any atom is -0.378 e. The fourth-order valence-corrected chi connectivity index (χ4v) is 2.04. The molecule has 0 aliphatic rings. The van der Waals surface area contributed by atoms with E-state index in [4.69, 9.17) is 0 Å². The molecule has 0 unspecified atom stereocenters. The Morgan fingerprint density at radius 1 is 1.00 bits per heavy atom. The van der Waals surface area contributed by atoms with Crippen LogP contribution < -0.4 is 15.8 Å². The Labute approximate surface area is 100 Å². The Hall–Kier alpha value is -1.90. The van der Waals surface area contributed by atoms with E-state index in [2.05, 4.69) is 0 Å². The van der Waals surface area contributed by atoms with E-state index in [1.165, 1.54) is 0 Å². The van der Waals surface area contributed by atoms with Gasteiger partial charge in [0.2, 0.25) is 10.9 Å². The molecule has 0 atom stereocenters. The van der Waals surface area contributed by atoms with E-state index in [0.29, 0.717) is 11.1 Å². The summed E-state index contributed by atoms with van der Waals surface area (Å²) in [5.41, 5.74) is 3.43. The fourth-order valence-electron chi connectivity index (χ4n) is 2.04. The summed E-state index contributed by atoms with van der Waals surface area (Å²) in [6, 6.07) is 5.89. The lowest BCUT2D eigenvalue weighted by molar-refractivity contribution is 1.13. The molecule has 0 aromatic heterocycles. The van der Waals surface area contributed by atoms with Gasteiger partial charge in [-0.1, -0.05) is 6.07 Å². The molecular weight excluding hydrogens is 214 g/mol. The van der Waals surface area contributed by atoms with Crippen LogP contribution in [0.5, 0.6) is 0 Å². The molecule has 2 aromatic rings. The van der Waals surface area contributed by atoms with Crippen molar-refractivity contribution in [1.82, 2.24) is 0 Å². The summed E-state index contributed by atoms with van der Waals surface area (Å²) in [6.45, 7) is 3.66. The van der Waals surface area contributed by atoms with Gasteiger partial charge in [-0.2, -0.15) is 0 Å². The van der Waals surface area contributed by atoms with Crippen LogP contribution in [-0.2, 0) is 0 Å². The van der Waals surface area contributed by atoms with Gasteiger partial charge in [0.25, 0.3) is 0 Å². The third-order valence-electron chi connectivity index (χ3n) is 3.14. The van der Waals surface area contributed by atoms with E-state index >= 15 is 0 Å². The monoisotopic (exact) mass is 229 g/mol. The smallest absolute Gasteiger partial charge is 0.234 e. The molecule has 0 fully saturated rings. The maximum atomic E-state index is 11.5. The van der Waals surface area contributed by atoms with Gasteiger partial charge in [-0.25, -0.2) is 0 Å². The number of benzene rings is 1. The lowest BCUT2D eigenvalue weighted by Crippen LogP contribution is -2.35. The number of hydrogen-bond donors (Lipinski definition) is 0. The first-order valence-electron chi connectivity index (χ1n) is 5.51. The number of rotatable bonds is 2. The van der Waals surface area contributed by atoms with Crippen LogP contribution in [-0.4, -0.2) is 14.1 Å². The van der Waals surface area contributed by atoms with E-state index < -0.39 is 0 Å². The van der Waals surface area contributed by atoms with Gasteiger partial charge in [0.15, 0.2) is 0 Å². The normalized spacial score (nSPS) is 10.8. The second kappa shape index (κ2) is 3.84. The van der Waals surface area contributed by atoms with Gasteiger partial charge in [0.05, 0.1) is 0 Å². The molecule has 0 amide bonds. The van der Waals surface area contributed by atoms with Crippen molar-refractivity contribution in [3.05, 3.63) is 49.8 Å². The fraction of sp³-hybridized carbons (Fsp3) is 0.286. The maximum absolute atomic E-state index is 11.5. The second-order valence-corrected chi connectivity index (χ2v) is 4.55.